The normalized spacial score (nSPS) is 36.5. The number of ketones is 1. The first-order valence-electron chi connectivity index (χ1n) is 6.11. The summed E-state index contributed by atoms with van der Waals surface area (Å²) in [7, 11) is 0. The minimum atomic E-state index is -0.00996. The Morgan fingerprint density at radius 2 is 2.50 bits per heavy atom. The molecule has 0 aromatic rings. The molecule has 3 nitrogen and oxygen atoms in total. The van der Waals surface area contributed by atoms with Crippen LogP contribution in [0.2, 0.25) is 0 Å². The fraction of sp³-hybridized carbons (Fsp3) is 0.917. The average Bonchev–Trinajstić information content (AvgIpc) is 2.65. The minimum absolute atomic E-state index is 0.00996. The van der Waals surface area contributed by atoms with Crippen molar-refractivity contribution in [1.82, 2.24) is 0 Å². The number of hydrogen-bond acceptors (Lipinski definition) is 4. The third kappa shape index (κ3) is 2.79. The maximum atomic E-state index is 12.0. The monoisotopic (exact) mass is 243 g/mol. The number of Topliss-reactive ketones (excluding diaryl/α,β-unsaturated/α-hetero) is 1. The zero-order valence-corrected chi connectivity index (χ0v) is 10.7. The second kappa shape index (κ2) is 5.07. The van der Waals surface area contributed by atoms with Gasteiger partial charge in [-0.1, -0.05) is 0 Å². The highest BCUT2D eigenvalue weighted by atomic mass is 32.2. The molecule has 2 aliphatic rings. The molecule has 0 radical (unpaired) electrons. The highest BCUT2D eigenvalue weighted by Crippen LogP contribution is 2.40. The lowest BCUT2D eigenvalue weighted by atomic mass is 9.82. The maximum absolute atomic E-state index is 12.0. The highest BCUT2D eigenvalue weighted by molar-refractivity contribution is 7.99. The van der Waals surface area contributed by atoms with Crippen LogP contribution in [-0.4, -0.2) is 35.5 Å². The van der Waals surface area contributed by atoms with Gasteiger partial charge in [-0.3, -0.25) is 4.79 Å². The fourth-order valence-electron chi connectivity index (χ4n) is 2.65. The Labute approximate surface area is 101 Å². The first-order chi connectivity index (χ1) is 7.61. The summed E-state index contributed by atoms with van der Waals surface area (Å²) in [6.07, 6.45) is 3.44. The summed E-state index contributed by atoms with van der Waals surface area (Å²) in [6.45, 7) is 2.65. The van der Waals surface area contributed by atoms with Crippen LogP contribution in [0.4, 0.5) is 0 Å². The second-order valence-electron chi connectivity index (χ2n) is 5.17. The summed E-state index contributed by atoms with van der Waals surface area (Å²) in [4.78, 5) is 12.0. The molecule has 4 heteroatoms. The van der Waals surface area contributed by atoms with E-state index in [2.05, 4.69) is 0 Å². The van der Waals surface area contributed by atoms with E-state index in [1.807, 2.05) is 18.7 Å². The van der Waals surface area contributed by atoms with Crippen molar-refractivity contribution in [3.8, 4) is 0 Å². The Morgan fingerprint density at radius 3 is 3.12 bits per heavy atom. The van der Waals surface area contributed by atoms with Crippen molar-refractivity contribution < 1.29 is 9.53 Å². The van der Waals surface area contributed by atoms with Crippen LogP contribution in [0.15, 0.2) is 0 Å². The standard InChI is InChI=1S/C12H21NO2S/c1-9(13)6-11(14)10-2-4-15-12(7-10)3-5-16-8-12/h9-10H,2-8,13H2,1H3. The van der Waals surface area contributed by atoms with Gasteiger partial charge < -0.3 is 10.5 Å². The molecule has 2 saturated heterocycles. The van der Waals surface area contributed by atoms with E-state index < -0.39 is 0 Å². The summed E-state index contributed by atoms with van der Waals surface area (Å²) >= 11 is 1.95. The highest BCUT2D eigenvalue weighted by Gasteiger charge is 2.42. The molecule has 0 bridgehead atoms. The van der Waals surface area contributed by atoms with E-state index in [1.54, 1.807) is 0 Å². The van der Waals surface area contributed by atoms with E-state index in [0.717, 1.165) is 31.6 Å². The Balaban J connectivity index is 1.93. The lowest BCUT2D eigenvalue weighted by molar-refractivity contribution is -0.134. The summed E-state index contributed by atoms with van der Waals surface area (Å²) in [6, 6.07) is -0.00996. The smallest absolute Gasteiger partial charge is 0.137 e. The molecule has 3 unspecified atom stereocenters. The number of ether oxygens (including phenoxy) is 1. The number of carbonyl (C=O) groups excluding carboxylic acids is 1. The molecule has 3 atom stereocenters. The predicted molar refractivity (Wildman–Crippen MR) is 66.6 cm³/mol. The van der Waals surface area contributed by atoms with Crippen LogP contribution in [0.3, 0.4) is 0 Å². The number of nitrogens with two attached hydrogens (primary N) is 1. The molecule has 92 valence electrons. The third-order valence-electron chi connectivity index (χ3n) is 3.54. The molecule has 0 aromatic heterocycles. The van der Waals surface area contributed by atoms with E-state index in [1.165, 1.54) is 5.75 Å². The first kappa shape index (κ1) is 12.4. The zero-order valence-electron chi connectivity index (χ0n) is 9.91. The quantitative estimate of drug-likeness (QED) is 0.818. The molecule has 16 heavy (non-hydrogen) atoms. The Kier molecular flexibility index (Phi) is 3.93. The van der Waals surface area contributed by atoms with Gasteiger partial charge in [0.25, 0.3) is 0 Å². The van der Waals surface area contributed by atoms with Gasteiger partial charge in [0.15, 0.2) is 0 Å². The van der Waals surface area contributed by atoms with Crippen molar-refractivity contribution in [1.29, 1.82) is 0 Å². The van der Waals surface area contributed by atoms with Gasteiger partial charge >= 0.3 is 0 Å². The molecule has 2 heterocycles. The van der Waals surface area contributed by atoms with E-state index in [9.17, 15) is 4.79 Å². The van der Waals surface area contributed by atoms with Crippen LogP contribution >= 0.6 is 11.8 Å². The molecule has 2 aliphatic heterocycles. The van der Waals surface area contributed by atoms with Crippen molar-refractivity contribution in [2.24, 2.45) is 11.7 Å². The van der Waals surface area contributed by atoms with Crippen molar-refractivity contribution in [2.75, 3.05) is 18.1 Å². The fourth-order valence-corrected chi connectivity index (χ4v) is 4.03. The van der Waals surface area contributed by atoms with Gasteiger partial charge in [0.2, 0.25) is 0 Å². The number of rotatable bonds is 3. The van der Waals surface area contributed by atoms with Crippen LogP contribution in [0, 0.1) is 5.92 Å². The van der Waals surface area contributed by atoms with E-state index in [-0.39, 0.29) is 17.6 Å². The number of thioether (sulfide) groups is 1. The Bertz CT molecular complexity index is 262. The molecule has 2 fully saturated rings. The van der Waals surface area contributed by atoms with Crippen LogP contribution in [0.25, 0.3) is 0 Å². The lowest BCUT2D eigenvalue weighted by Crippen LogP contribution is -2.42. The minimum Gasteiger partial charge on any atom is -0.374 e. The summed E-state index contributed by atoms with van der Waals surface area (Å²) < 4.78 is 5.91. The van der Waals surface area contributed by atoms with Crippen molar-refractivity contribution in [3.05, 3.63) is 0 Å². The lowest BCUT2D eigenvalue weighted by Gasteiger charge is -2.37. The first-order valence-corrected chi connectivity index (χ1v) is 7.27. The van der Waals surface area contributed by atoms with E-state index in [0.29, 0.717) is 12.2 Å². The van der Waals surface area contributed by atoms with Crippen LogP contribution in [0.5, 0.6) is 0 Å². The Hall–Kier alpha value is -0.0600. The topological polar surface area (TPSA) is 52.3 Å². The zero-order chi connectivity index (χ0) is 11.6. The maximum Gasteiger partial charge on any atom is 0.137 e. The van der Waals surface area contributed by atoms with Gasteiger partial charge in [-0.15, -0.1) is 0 Å². The van der Waals surface area contributed by atoms with Gasteiger partial charge in [0.1, 0.15) is 5.78 Å². The van der Waals surface area contributed by atoms with Crippen molar-refractivity contribution in [2.45, 2.75) is 44.2 Å². The molecule has 0 saturated carbocycles. The summed E-state index contributed by atoms with van der Waals surface area (Å²) in [5, 5.41) is 0. The molecule has 0 aliphatic carbocycles. The third-order valence-corrected chi connectivity index (χ3v) is 4.76. The van der Waals surface area contributed by atoms with E-state index in [4.69, 9.17) is 10.5 Å². The van der Waals surface area contributed by atoms with Gasteiger partial charge in [-0.25, -0.2) is 0 Å². The SMILES string of the molecule is CC(N)CC(=O)C1CCOC2(CCSC2)C1. The van der Waals surface area contributed by atoms with Gasteiger partial charge in [-0.05, 0) is 31.9 Å². The predicted octanol–water partition coefficient (Wildman–Crippen LogP) is 1.60. The Morgan fingerprint density at radius 1 is 1.69 bits per heavy atom. The van der Waals surface area contributed by atoms with Crippen molar-refractivity contribution >= 4 is 17.5 Å². The summed E-state index contributed by atoms with van der Waals surface area (Å²) in [5.74, 6) is 2.77. The largest absolute Gasteiger partial charge is 0.374 e. The molecule has 1 spiro atoms. The number of hydrogen-bond donors (Lipinski definition) is 1. The van der Waals surface area contributed by atoms with Gasteiger partial charge in [0, 0.05) is 30.7 Å². The molecule has 2 rings (SSSR count). The number of carbonyl (C=O) groups is 1. The molecular weight excluding hydrogens is 222 g/mol. The van der Waals surface area contributed by atoms with Crippen LogP contribution < -0.4 is 5.73 Å². The van der Waals surface area contributed by atoms with Gasteiger partial charge in [0.05, 0.1) is 5.60 Å². The molecule has 0 amide bonds. The second-order valence-corrected chi connectivity index (χ2v) is 6.28. The molecule has 2 N–H and O–H groups in total. The van der Waals surface area contributed by atoms with Crippen molar-refractivity contribution in [3.63, 3.8) is 0 Å². The van der Waals surface area contributed by atoms with Gasteiger partial charge in [-0.2, -0.15) is 11.8 Å². The van der Waals surface area contributed by atoms with Crippen LogP contribution in [-0.2, 0) is 9.53 Å². The molecular formula is C12H21NO2S. The summed E-state index contributed by atoms with van der Waals surface area (Å²) in [5.41, 5.74) is 5.70. The average molecular weight is 243 g/mol. The van der Waals surface area contributed by atoms with E-state index >= 15 is 0 Å². The van der Waals surface area contributed by atoms with Crippen LogP contribution in [0.1, 0.15) is 32.6 Å². The molecule has 0 aromatic carbocycles.